The lowest BCUT2D eigenvalue weighted by Crippen LogP contribution is -2.28. The molecule has 3 aromatic rings. The van der Waals surface area contributed by atoms with Crippen molar-refractivity contribution in [3.63, 3.8) is 0 Å². The summed E-state index contributed by atoms with van der Waals surface area (Å²) >= 11 is 3.26. The van der Waals surface area contributed by atoms with Crippen LogP contribution in [0.2, 0.25) is 0 Å². The van der Waals surface area contributed by atoms with Gasteiger partial charge in [-0.15, -0.1) is 10.2 Å². The number of nitrogens with one attached hydrogen (secondary N) is 1. The Morgan fingerprint density at radius 1 is 0.963 bits per heavy atom. The van der Waals surface area contributed by atoms with Crippen LogP contribution in [0.5, 0.6) is 5.88 Å². The van der Waals surface area contributed by atoms with Crippen LogP contribution in [-0.4, -0.2) is 31.8 Å². The monoisotopic (exact) mass is 451 g/mol. The SMILES string of the molecule is O=S(=O)(NCCOc1ccc(-c2ccc(F)cc2)nn1)c1ccc(Br)cc1. The first-order chi connectivity index (χ1) is 12.9. The average Bonchev–Trinajstić information content (AvgIpc) is 2.67. The topological polar surface area (TPSA) is 81.2 Å². The van der Waals surface area contributed by atoms with Crippen LogP contribution in [-0.2, 0) is 10.0 Å². The summed E-state index contributed by atoms with van der Waals surface area (Å²) in [7, 11) is -3.60. The molecular formula is C18H15BrFN3O3S. The van der Waals surface area contributed by atoms with Crippen LogP contribution in [0.1, 0.15) is 0 Å². The van der Waals surface area contributed by atoms with Crippen molar-refractivity contribution in [1.29, 1.82) is 0 Å². The Hall–Kier alpha value is -2.36. The van der Waals surface area contributed by atoms with Crippen LogP contribution < -0.4 is 9.46 Å². The fraction of sp³-hybridized carbons (Fsp3) is 0.111. The molecule has 3 rings (SSSR count). The highest BCUT2D eigenvalue weighted by Crippen LogP contribution is 2.18. The summed E-state index contributed by atoms with van der Waals surface area (Å²) in [5, 5.41) is 7.95. The summed E-state index contributed by atoms with van der Waals surface area (Å²) in [5.41, 5.74) is 1.32. The maximum atomic E-state index is 12.9. The summed E-state index contributed by atoms with van der Waals surface area (Å²) in [6, 6.07) is 15.6. The molecule has 0 fully saturated rings. The molecule has 0 aliphatic carbocycles. The number of nitrogens with zero attached hydrogens (tertiary/aromatic N) is 2. The summed E-state index contributed by atoms with van der Waals surface area (Å²) in [5.74, 6) is -0.0547. The molecule has 0 aliphatic rings. The second-order valence-electron chi connectivity index (χ2n) is 5.46. The molecular weight excluding hydrogens is 437 g/mol. The van der Waals surface area contributed by atoms with Crippen molar-refractivity contribution in [3.8, 4) is 17.1 Å². The van der Waals surface area contributed by atoms with Crippen LogP contribution in [0, 0.1) is 5.82 Å². The van der Waals surface area contributed by atoms with E-state index in [1.807, 2.05) is 0 Å². The Bertz CT molecular complexity index is 996. The minimum absolute atomic E-state index is 0.0831. The van der Waals surface area contributed by atoms with Gasteiger partial charge in [-0.05, 0) is 54.6 Å². The van der Waals surface area contributed by atoms with Gasteiger partial charge >= 0.3 is 0 Å². The van der Waals surface area contributed by atoms with E-state index in [0.29, 0.717) is 5.69 Å². The second-order valence-corrected chi connectivity index (χ2v) is 8.15. The van der Waals surface area contributed by atoms with E-state index in [4.69, 9.17) is 4.74 Å². The summed E-state index contributed by atoms with van der Waals surface area (Å²) in [4.78, 5) is 0.175. The Morgan fingerprint density at radius 3 is 2.30 bits per heavy atom. The molecule has 1 aromatic heterocycles. The molecule has 1 heterocycles. The van der Waals surface area contributed by atoms with Crippen LogP contribution in [0.25, 0.3) is 11.3 Å². The third-order valence-electron chi connectivity index (χ3n) is 3.55. The largest absolute Gasteiger partial charge is 0.475 e. The highest BCUT2D eigenvalue weighted by atomic mass is 79.9. The van der Waals surface area contributed by atoms with E-state index in [0.717, 1.165) is 10.0 Å². The Labute approximate surface area is 164 Å². The van der Waals surface area contributed by atoms with E-state index < -0.39 is 10.0 Å². The van der Waals surface area contributed by atoms with Gasteiger partial charge < -0.3 is 4.74 Å². The molecule has 0 amide bonds. The van der Waals surface area contributed by atoms with Gasteiger partial charge in [0.15, 0.2) is 0 Å². The fourth-order valence-corrected chi connectivity index (χ4v) is 3.48. The van der Waals surface area contributed by atoms with Gasteiger partial charge in [0.05, 0.1) is 10.6 Å². The molecule has 1 N–H and O–H groups in total. The van der Waals surface area contributed by atoms with Gasteiger partial charge in [0.2, 0.25) is 15.9 Å². The lowest BCUT2D eigenvalue weighted by molar-refractivity contribution is 0.307. The highest BCUT2D eigenvalue weighted by Gasteiger charge is 2.13. The lowest BCUT2D eigenvalue weighted by Gasteiger charge is -2.08. The molecule has 0 saturated carbocycles. The van der Waals surface area contributed by atoms with Crippen LogP contribution in [0.4, 0.5) is 4.39 Å². The molecule has 6 nitrogen and oxygen atoms in total. The molecule has 140 valence electrons. The number of aromatic nitrogens is 2. The maximum Gasteiger partial charge on any atom is 0.240 e. The predicted molar refractivity (Wildman–Crippen MR) is 102 cm³/mol. The van der Waals surface area contributed by atoms with Gasteiger partial charge in [-0.2, -0.15) is 0 Å². The van der Waals surface area contributed by atoms with E-state index in [2.05, 4.69) is 30.8 Å². The van der Waals surface area contributed by atoms with E-state index in [1.54, 1.807) is 36.4 Å². The van der Waals surface area contributed by atoms with Crippen molar-refractivity contribution in [2.24, 2.45) is 0 Å². The lowest BCUT2D eigenvalue weighted by atomic mass is 10.1. The van der Waals surface area contributed by atoms with Gasteiger partial charge in [-0.1, -0.05) is 15.9 Å². The van der Waals surface area contributed by atoms with Crippen molar-refractivity contribution in [2.45, 2.75) is 4.90 Å². The first kappa shape index (κ1) is 19.4. The third kappa shape index (κ3) is 5.31. The molecule has 0 bridgehead atoms. The fourth-order valence-electron chi connectivity index (χ4n) is 2.20. The maximum absolute atomic E-state index is 12.9. The van der Waals surface area contributed by atoms with Crippen molar-refractivity contribution in [3.05, 3.63) is 71.0 Å². The normalized spacial score (nSPS) is 11.3. The van der Waals surface area contributed by atoms with Gasteiger partial charge in [0, 0.05) is 22.6 Å². The van der Waals surface area contributed by atoms with E-state index in [1.165, 1.54) is 24.3 Å². The Kier molecular flexibility index (Phi) is 6.15. The minimum Gasteiger partial charge on any atom is -0.475 e. The standard InChI is InChI=1S/C18H15BrFN3O3S/c19-14-3-7-16(8-4-14)27(24,25)21-11-12-26-18-10-9-17(22-23-18)13-1-5-15(20)6-2-13/h1-10,21H,11-12H2. The number of ether oxygens (including phenoxy) is 1. The molecule has 0 radical (unpaired) electrons. The smallest absolute Gasteiger partial charge is 0.240 e. The summed E-state index contributed by atoms with van der Waals surface area (Å²) in [6.07, 6.45) is 0. The van der Waals surface area contributed by atoms with E-state index in [-0.39, 0.29) is 29.7 Å². The molecule has 2 aromatic carbocycles. The molecule has 9 heteroatoms. The summed E-state index contributed by atoms with van der Waals surface area (Å²) in [6.45, 7) is 0.181. The quantitative estimate of drug-likeness (QED) is 0.556. The number of sulfonamides is 1. The number of benzene rings is 2. The van der Waals surface area contributed by atoms with Crippen molar-refractivity contribution in [2.75, 3.05) is 13.2 Å². The predicted octanol–water partition coefficient (Wildman–Crippen LogP) is 3.40. The minimum atomic E-state index is -3.60. The van der Waals surface area contributed by atoms with Gasteiger partial charge in [-0.25, -0.2) is 17.5 Å². The molecule has 0 spiro atoms. The van der Waals surface area contributed by atoms with Crippen LogP contribution in [0.15, 0.2) is 70.0 Å². The first-order valence-corrected chi connectivity index (χ1v) is 10.2. The Morgan fingerprint density at radius 2 is 1.67 bits per heavy atom. The van der Waals surface area contributed by atoms with E-state index in [9.17, 15) is 12.8 Å². The first-order valence-electron chi connectivity index (χ1n) is 7.92. The number of halogens is 2. The molecule has 0 saturated heterocycles. The van der Waals surface area contributed by atoms with Gasteiger partial charge in [0.25, 0.3) is 0 Å². The summed E-state index contributed by atoms with van der Waals surface area (Å²) < 4.78 is 45.9. The third-order valence-corrected chi connectivity index (χ3v) is 5.55. The van der Waals surface area contributed by atoms with Crippen LogP contribution >= 0.6 is 15.9 Å². The molecule has 0 atom stereocenters. The highest BCUT2D eigenvalue weighted by molar-refractivity contribution is 9.10. The number of hydrogen-bond donors (Lipinski definition) is 1. The number of hydrogen-bond acceptors (Lipinski definition) is 5. The number of rotatable bonds is 7. The van der Waals surface area contributed by atoms with Crippen molar-refractivity contribution >= 4 is 26.0 Å². The van der Waals surface area contributed by atoms with Crippen molar-refractivity contribution < 1.29 is 17.5 Å². The zero-order valence-corrected chi connectivity index (χ0v) is 16.4. The van der Waals surface area contributed by atoms with Gasteiger partial charge in [-0.3, -0.25) is 0 Å². The molecule has 0 unspecified atom stereocenters. The molecule has 27 heavy (non-hydrogen) atoms. The zero-order chi connectivity index (χ0) is 19.3. The second kappa shape index (κ2) is 8.55. The molecule has 0 aliphatic heterocycles. The van der Waals surface area contributed by atoms with Gasteiger partial charge in [0.1, 0.15) is 12.4 Å². The van der Waals surface area contributed by atoms with Crippen LogP contribution in [0.3, 0.4) is 0 Å². The van der Waals surface area contributed by atoms with Crippen molar-refractivity contribution in [1.82, 2.24) is 14.9 Å². The van der Waals surface area contributed by atoms with E-state index >= 15 is 0 Å². The average molecular weight is 452 g/mol. The Balaban J connectivity index is 1.52. The zero-order valence-electron chi connectivity index (χ0n) is 14.0.